The van der Waals surface area contributed by atoms with E-state index in [0.717, 1.165) is 27.6 Å². The minimum atomic E-state index is -0.0990. The number of ether oxygens (including phenoxy) is 2. The first kappa shape index (κ1) is 19.3. The monoisotopic (exact) mass is 432 g/mol. The molecular formula is C23H20N4O3S. The summed E-state index contributed by atoms with van der Waals surface area (Å²) in [5.41, 5.74) is 3.28. The van der Waals surface area contributed by atoms with E-state index >= 15 is 0 Å². The molecule has 0 fully saturated rings. The number of hydrogen-bond donors (Lipinski definition) is 0. The van der Waals surface area contributed by atoms with Crippen LogP contribution in [0.1, 0.15) is 23.0 Å². The van der Waals surface area contributed by atoms with Gasteiger partial charge in [0.05, 0.1) is 11.9 Å². The number of para-hydroxylation sites is 1. The predicted molar refractivity (Wildman–Crippen MR) is 118 cm³/mol. The maximum atomic E-state index is 13.1. The summed E-state index contributed by atoms with van der Waals surface area (Å²) >= 11 is 1.44. The molecule has 156 valence electrons. The lowest BCUT2D eigenvalue weighted by Gasteiger charge is -2.20. The minimum Gasteiger partial charge on any atom is -0.454 e. The van der Waals surface area contributed by atoms with Crippen molar-refractivity contribution >= 4 is 17.2 Å². The fourth-order valence-corrected chi connectivity index (χ4v) is 4.18. The lowest BCUT2D eigenvalue weighted by atomic mass is 10.2. The topological polar surface area (TPSA) is 69.5 Å². The zero-order chi connectivity index (χ0) is 21.2. The second-order valence-corrected chi connectivity index (χ2v) is 7.91. The summed E-state index contributed by atoms with van der Waals surface area (Å²) in [6.07, 6.45) is 3.69. The molecule has 0 saturated carbocycles. The number of thiazole rings is 1. The van der Waals surface area contributed by atoms with E-state index in [0.29, 0.717) is 24.5 Å². The number of carbonyl (C=O) groups is 1. The van der Waals surface area contributed by atoms with Crippen LogP contribution in [0.25, 0.3) is 16.3 Å². The van der Waals surface area contributed by atoms with Gasteiger partial charge in [-0.05, 0) is 36.8 Å². The number of aromatic nitrogens is 3. The van der Waals surface area contributed by atoms with Crippen LogP contribution in [0, 0.1) is 0 Å². The van der Waals surface area contributed by atoms with Crippen LogP contribution in [-0.4, -0.2) is 38.9 Å². The maximum absolute atomic E-state index is 13.1. The molecule has 1 aliphatic heterocycles. The molecule has 1 amide bonds. The highest BCUT2D eigenvalue weighted by Crippen LogP contribution is 2.33. The molecule has 0 bridgehead atoms. The molecule has 0 N–H and O–H groups in total. The van der Waals surface area contributed by atoms with Gasteiger partial charge in [0.25, 0.3) is 5.91 Å². The van der Waals surface area contributed by atoms with Crippen molar-refractivity contribution in [3.8, 4) is 27.8 Å². The molecule has 1 aliphatic rings. The number of fused-ring (bicyclic) bond motifs is 1. The fourth-order valence-electron chi connectivity index (χ4n) is 3.41. The Morgan fingerprint density at radius 2 is 2.00 bits per heavy atom. The highest BCUT2D eigenvalue weighted by molar-refractivity contribution is 7.13. The first-order valence-corrected chi connectivity index (χ1v) is 10.8. The van der Waals surface area contributed by atoms with Crippen molar-refractivity contribution in [2.75, 3.05) is 13.3 Å². The average molecular weight is 433 g/mol. The highest BCUT2D eigenvalue weighted by Gasteiger charge is 2.20. The van der Waals surface area contributed by atoms with Gasteiger partial charge >= 0.3 is 0 Å². The number of rotatable bonds is 6. The Kier molecular flexibility index (Phi) is 5.13. The Morgan fingerprint density at radius 1 is 1.16 bits per heavy atom. The molecule has 3 heterocycles. The van der Waals surface area contributed by atoms with Crippen LogP contribution >= 0.6 is 11.3 Å². The largest absolute Gasteiger partial charge is 0.454 e. The van der Waals surface area contributed by atoms with E-state index in [-0.39, 0.29) is 12.7 Å². The minimum absolute atomic E-state index is 0.0990. The molecule has 4 aromatic rings. The predicted octanol–water partition coefficient (Wildman–Crippen LogP) is 4.39. The summed E-state index contributed by atoms with van der Waals surface area (Å²) in [6.45, 7) is 3.25. The van der Waals surface area contributed by atoms with Gasteiger partial charge in [0.2, 0.25) is 6.79 Å². The molecule has 0 unspecified atom stereocenters. The molecule has 2 aromatic carbocycles. The summed E-state index contributed by atoms with van der Waals surface area (Å²) in [7, 11) is 0. The number of amides is 1. The van der Waals surface area contributed by atoms with E-state index < -0.39 is 0 Å². The molecule has 7 nitrogen and oxygen atoms in total. The van der Waals surface area contributed by atoms with E-state index in [1.807, 2.05) is 61.7 Å². The number of carbonyl (C=O) groups excluding carboxylic acids is 1. The van der Waals surface area contributed by atoms with E-state index in [2.05, 4.69) is 10.1 Å². The third-order valence-corrected chi connectivity index (χ3v) is 5.94. The van der Waals surface area contributed by atoms with Crippen LogP contribution in [0.2, 0.25) is 0 Å². The zero-order valence-electron chi connectivity index (χ0n) is 16.9. The van der Waals surface area contributed by atoms with Gasteiger partial charge in [0, 0.05) is 30.2 Å². The Labute approximate surface area is 183 Å². The van der Waals surface area contributed by atoms with Crippen LogP contribution in [0.4, 0.5) is 0 Å². The summed E-state index contributed by atoms with van der Waals surface area (Å²) in [6, 6.07) is 15.6. The van der Waals surface area contributed by atoms with Gasteiger partial charge < -0.3 is 14.4 Å². The average Bonchev–Trinajstić information content (AvgIpc) is 3.57. The molecule has 5 rings (SSSR count). The van der Waals surface area contributed by atoms with Gasteiger partial charge in [-0.25, -0.2) is 9.67 Å². The van der Waals surface area contributed by atoms with Gasteiger partial charge in [-0.1, -0.05) is 24.3 Å². The second kappa shape index (κ2) is 8.23. The first-order chi connectivity index (χ1) is 15.2. The van der Waals surface area contributed by atoms with Crippen molar-refractivity contribution in [1.29, 1.82) is 0 Å². The Morgan fingerprint density at radius 3 is 2.84 bits per heavy atom. The summed E-state index contributed by atoms with van der Waals surface area (Å²) in [4.78, 5) is 19.4. The van der Waals surface area contributed by atoms with Gasteiger partial charge in [0.1, 0.15) is 10.7 Å². The fraction of sp³-hybridized carbons (Fsp3) is 0.174. The molecule has 0 spiro atoms. The third-order valence-electron chi connectivity index (χ3n) is 5.05. The lowest BCUT2D eigenvalue weighted by Crippen LogP contribution is -2.30. The number of benzene rings is 2. The van der Waals surface area contributed by atoms with Crippen molar-refractivity contribution in [1.82, 2.24) is 19.7 Å². The molecule has 0 radical (unpaired) electrons. The molecule has 0 aliphatic carbocycles. The smallest absolute Gasteiger partial charge is 0.273 e. The van der Waals surface area contributed by atoms with Gasteiger partial charge in [-0.2, -0.15) is 5.10 Å². The Hall–Kier alpha value is -3.65. The van der Waals surface area contributed by atoms with Crippen LogP contribution in [0.5, 0.6) is 11.5 Å². The second-order valence-electron chi connectivity index (χ2n) is 7.05. The van der Waals surface area contributed by atoms with Gasteiger partial charge in [0.15, 0.2) is 11.5 Å². The maximum Gasteiger partial charge on any atom is 0.273 e. The van der Waals surface area contributed by atoms with Crippen LogP contribution < -0.4 is 9.47 Å². The summed E-state index contributed by atoms with van der Waals surface area (Å²) in [5, 5.41) is 6.99. The first-order valence-electron chi connectivity index (χ1n) is 9.95. The quantitative estimate of drug-likeness (QED) is 0.452. The molecule has 0 saturated heterocycles. The summed E-state index contributed by atoms with van der Waals surface area (Å²) < 4.78 is 12.6. The molecule has 0 atom stereocenters. The van der Waals surface area contributed by atoms with Gasteiger partial charge in [-0.15, -0.1) is 11.3 Å². The SMILES string of the molecule is CCN(Cc1ccc2c(c1)OCO2)C(=O)c1csc(-c2cnn(-c3ccccc3)c2)n1. The van der Waals surface area contributed by atoms with E-state index in [1.54, 1.807) is 21.2 Å². The molecule has 8 heteroatoms. The van der Waals surface area contributed by atoms with Crippen molar-refractivity contribution < 1.29 is 14.3 Å². The van der Waals surface area contributed by atoms with Crippen molar-refractivity contribution in [3.63, 3.8) is 0 Å². The third kappa shape index (κ3) is 3.89. The Bertz CT molecular complexity index is 1220. The van der Waals surface area contributed by atoms with Crippen LogP contribution in [0.3, 0.4) is 0 Å². The van der Waals surface area contributed by atoms with Crippen molar-refractivity contribution in [3.05, 3.63) is 77.6 Å². The van der Waals surface area contributed by atoms with E-state index in [9.17, 15) is 4.79 Å². The molecule has 31 heavy (non-hydrogen) atoms. The standard InChI is InChI=1S/C23H20N4O3S/c1-2-26(12-16-8-9-20-21(10-16)30-15-29-20)23(28)19-14-31-22(25-19)17-11-24-27(13-17)18-6-4-3-5-7-18/h3-11,13-14H,2,12,15H2,1H3. The van der Waals surface area contributed by atoms with Gasteiger partial charge in [-0.3, -0.25) is 4.79 Å². The highest BCUT2D eigenvalue weighted by atomic mass is 32.1. The normalized spacial score (nSPS) is 12.2. The number of nitrogens with zero attached hydrogens (tertiary/aromatic N) is 4. The van der Waals surface area contributed by atoms with Crippen LogP contribution in [0.15, 0.2) is 66.3 Å². The van der Waals surface area contributed by atoms with E-state index in [4.69, 9.17) is 9.47 Å². The summed E-state index contributed by atoms with van der Waals surface area (Å²) in [5.74, 6) is 1.35. The van der Waals surface area contributed by atoms with Crippen molar-refractivity contribution in [2.24, 2.45) is 0 Å². The zero-order valence-corrected chi connectivity index (χ0v) is 17.7. The van der Waals surface area contributed by atoms with E-state index in [1.165, 1.54) is 11.3 Å². The number of hydrogen-bond acceptors (Lipinski definition) is 6. The lowest BCUT2D eigenvalue weighted by molar-refractivity contribution is 0.0747. The molecular weight excluding hydrogens is 412 g/mol. The Balaban J connectivity index is 1.32. The van der Waals surface area contributed by atoms with Crippen LogP contribution in [-0.2, 0) is 6.54 Å². The molecule has 2 aromatic heterocycles. The van der Waals surface area contributed by atoms with Crippen molar-refractivity contribution in [2.45, 2.75) is 13.5 Å².